The smallest absolute Gasteiger partial charge is 0.326 e. The summed E-state index contributed by atoms with van der Waals surface area (Å²) in [6.07, 6.45) is 2.24. The lowest BCUT2D eigenvalue weighted by Crippen LogP contribution is -2.35. The van der Waals surface area contributed by atoms with E-state index >= 15 is 0 Å². The number of aliphatic carboxylic acids is 1. The summed E-state index contributed by atoms with van der Waals surface area (Å²) in [4.78, 5) is 19.8. The molecule has 0 bridgehead atoms. The molecule has 2 aromatic rings. The summed E-state index contributed by atoms with van der Waals surface area (Å²) >= 11 is 0. The van der Waals surface area contributed by atoms with Gasteiger partial charge in [-0.3, -0.25) is 0 Å². The molecule has 5 nitrogen and oxygen atoms in total. The number of nitrogens with one attached hydrogen (secondary N) is 1. The van der Waals surface area contributed by atoms with E-state index in [4.69, 9.17) is 0 Å². The normalized spacial score (nSPS) is 13.9. The summed E-state index contributed by atoms with van der Waals surface area (Å²) in [5.41, 5.74) is 1.90. The van der Waals surface area contributed by atoms with Crippen LogP contribution < -0.4 is 5.32 Å². The molecule has 2 atom stereocenters. The number of fused-ring (bicyclic) bond motifs is 1. The summed E-state index contributed by atoms with van der Waals surface area (Å²) < 4.78 is 0. The molecule has 2 N–H and O–H groups in total. The van der Waals surface area contributed by atoms with Crippen molar-refractivity contribution < 1.29 is 9.90 Å². The van der Waals surface area contributed by atoms with Crippen molar-refractivity contribution in [1.82, 2.24) is 9.97 Å². The Morgan fingerprint density at radius 2 is 2.15 bits per heavy atom. The third kappa shape index (κ3) is 2.87. The molecule has 0 fully saturated rings. The van der Waals surface area contributed by atoms with Crippen LogP contribution in [-0.2, 0) is 4.79 Å². The summed E-state index contributed by atoms with van der Waals surface area (Å²) in [6, 6.07) is 5.20. The SMILES string of the molecule is CC[C@H](C)[C@H](Nc1ncnc2ccc(C)cc12)C(=O)O. The zero-order chi connectivity index (χ0) is 14.7. The lowest BCUT2D eigenvalue weighted by molar-refractivity contribution is -0.139. The maximum atomic E-state index is 11.4. The zero-order valence-electron chi connectivity index (χ0n) is 11.9. The molecule has 0 aliphatic rings. The molecule has 106 valence electrons. The molecule has 2 rings (SSSR count). The first-order chi connectivity index (χ1) is 9.52. The maximum absolute atomic E-state index is 11.4. The summed E-state index contributed by atoms with van der Waals surface area (Å²) in [5, 5.41) is 13.3. The fourth-order valence-electron chi connectivity index (χ4n) is 2.12. The van der Waals surface area contributed by atoms with Crippen LogP contribution in [0.5, 0.6) is 0 Å². The number of nitrogens with zero attached hydrogens (tertiary/aromatic N) is 2. The van der Waals surface area contributed by atoms with E-state index in [0.29, 0.717) is 5.82 Å². The van der Waals surface area contributed by atoms with Gasteiger partial charge >= 0.3 is 5.97 Å². The van der Waals surface area contributed by atoms with Crippen molar-refractivity contribution in [2.75, 3.05) is 5.32 Å². The zero-order valence-corrected chi connectivity index (χ0v) is 11.9. The highest BCUT2D eigenvalue weighted by Crippen LogP contribution is 2.23. The van der Waals surface area contributed by atoms with E-state index in [1.165, 1.54) is 6.33 Å². The highest BCUT2D eigenvalue weighted by atomic mass is 16.4. The molecule has 0 saturated heterocycles. The predicted octanol–water partition coefficient (Wildman–Crippen LogP) is 2.85. The topological polar surface area (TPSA) is 75.1 Å². The quantitative estimate of drug-likeness (QED) is 0.876. The largest absolute Gasteiger partial charge is 0.480 e. The summed E-state index contributed by atoms with van der Waals surface area (Å²) in [6.45, 7) is 5.88. The van der Waals surface area contributed by atoms with Crippen LogP contribution >= 0.6 is 0 Å². The number of anilines is 1. The van der Waals surface area contributed by atoms with E-state index in [1.807, 2.05) is 39.0 Å². The third-order valence-electron chi connectivity index (χ3n) is 3.56. The lowest BCUT2D eigenvalue weighted by Gasteiger charge is -2.21. The van der Waals surface area contributed by atoms with E-state index < -0.39 is 12.0 Å². The molecule has 1 aromatic heterocycles. The van der Waals surface area contributed by atoms with Crippen LogP contribution in [0.4, 0.5) is 5.82 Å². The van der Waals surface area contributed by atoms with Gasteiger partial charge in [0.1, 0.15) is 18.2 Å². The highest BCUT2D eigenvalue weighted by Gasteiger charge is 2.24. The van der Waals surface area contributed by atoms with Gasteiger partial charge in [-0.05, 0) is 25.0 Å². The van der Waals surface area contributed by atoms with Gasteiger partial charge in [0.2, 0.25) is 0 Å². The van der Waals surface area contributed by atoms with Gasteiger partial charge in [-0.15, -0.1) is 0 Å². The van der Waals surface area contributed by atoms with Crippen molar-refractivity contribution in [2.24, 2.45) is 5.92 Å². The number of hydrogen-bond donors (Lipinski definition) is 2. The first-order valence-electron chi connectivity index (χ1n) is 6.73. The maximum Gasteiger partial charge on any atom is 0.326 e. The summed E-state index contributed by atoms with van der Waals surface area (Å²) in [7, 11) is 0. The van der Waals surface area contributed by atoms with Crippen LogP contribution in [0.1, 0.15) is 25.8 Å². The van der Waals surface area contributed by atoms with Gasteiger partial charge in [-0.2, -0.15) is 0 Å². The number of benzene rings is 1. The molecular weight excluding hydrogens is 254 g/mol. The Kier molecular flexibility index (Phi) is 4.17. The number of rotatable bonds is 5. The molecule has 0 spiro atoms. The average Bonchev–Trinajstić information content (AvgIpc) is 2.43. The fourth-order valence-corrected chi connectivity index (χ4v) is 2.12. The van der Waals surface area contributed by atoms with Gasteiger partial charge in [0.25, 0.3) is 0 Å². The second kappa shape index (κ2) is 5.86. The molecule has 5 heteroatoms. The van der Waals surface area contributed by atoms with Gasteiger partial charge in [0, 0.05) is 5.39 Å². The van der Waals surface area contributed by atoms with Crippen molar-refractivity contribution in [3.8, 4) is 0 Å². The van der Waals surface area contributed by atoms with E-state index in [-0.39, 0.29) is 5.92 Å². The minimum absolute atomic E-state index is 0.0160. The van der Waals surface area contributed by atoms with E-state index in [1.54, 1.807) is 0 Å². The van der Waals surface area contributed by atoms with Crippen LogP contribution in [-0.4, -0.2) is 27.1 Å². The Labute approximate surface area is 118 Å². The molecular formula is C15H19N3O2. The Hall–Kier alpha value is -2.17. The first kappa shape index (κ1) is 14.2. The molecule has 0 aliphatic carbocycles. The third-order valence-corrected chi connectivity index (χ3v) is 3.56. The second-order valence-corrected chi connectivity index (χ2v) is 5.09. The number of hydrogen-bond acceptors (Lipinski definition) is 4. The second-order valence-electron chi connectivity index (χ2n) is 5.09. The molecule has 1 heterocycles. The van der Waals surface area contributed by atoms with Gasteiger partial charge < -0.3 is 10.4 Å². The van der Waals surface area contributed by atoms with Gasteiger partial charge in [0.15, 0.2) is 0 Å². The Bertz CT molecular complexity index is 628. The van der Waals surface area contributed by atoms with E-state index in [0.717, 1.165) is 22.9 Å². The highest BCUT2D eigenvalue weighted by molar-refractivity contribution is 5.91. The van der Waals surface area contributed by atoms with Crippen LogP contribution in [0.2, 0.25) is 0 Å². The first-order valence-corrected chi connectivity index (χ1v) is 6.73. The Balaban J connectivity index is 2.42. The minimum Gasteiger partial charge on any atom is -0.480 e. The number of aromatic nitrogens is 2. The number of carboxylic acids is 1. The molecule has 1 aromatic carbocycles. The van der Waals surface area contributed by atoms with Gasteiger partial charge in [0.05, 0.1) is 5.52 Å². The standard InChI is InChI=1S/C15H19N3O2/c1-4-10(3)13(15(19)20)18-14-11-7-9(2)5-6-12(11)16-8-17-14/h5-8,10,13H,4H2,1-3H3,(H,19,20)(H,16,17,18)/t10-,13-/m0/s1. The monoisotopic (exact) mass is 273 g/mol. The van der Waals surface area contributed by atoms with Gasteiger partial charge in [-0.25, -0.2) is 14.8 Å². The molecule has 0 amide bonds. The van der Waals surface area contributed by atoms with Crippen LogP contribution in [0.3, 0.4) is 0 Å². The summed E-state index contributed by atoms with van der Waals surface area (Å²) in [5.74, 6) is -0.271. The Morgan fingerprint density at radius 1 is 1.40 bits per heavy atom. The molecule has 0 aliphatic heterocycles. The van der Waals surface area contributed by atoms with Crippen LogP contribution in [0.15, 0.2) is 24.5 Å². The van der Waals surface area contributed by atoms with Crippen LogP contribution in [0, 0.1) is 12.8 Å². The number of carboxylic acid groups (broad SMARTS) is 1. The fraction of sp³-hybridized carbons (Fsp3) is 0.400. The minimum atomic E-state index is -0.862. The van der Waals surface area contributed by atoms with Crippen molar-refractivity contribution in [3.63, 3.8) is 0 Å². The van der Waals surface area contributed by atoms with E-state index in [9.17, 15) is 9.90 Å². The number of carbonyl (C=O) groups is 1. The molecule has 0 radical (unpaired) electrons. The predicted molar refractivity (Wildman–Crippen MR) is 78.8 cm³/mol. The van der Waals surface area contributed by atoms with Crippen molar-refractivity contribution in [1.29, 1.82) is 0 Å². The molecule has 0 unspecified atom stereocenters. The van der Waals surface area contributed by atoms with Crippen molar-refractivity contribution in [2.45, 2.75) is 33.2 Å². The van der Waals surface area contributed by atoms with Gasteiger partial charge in [-0.1, -0.05) is 31.9 Å². The average molecular weight is 273 g/mol. The van der Waals surface area contributed by atoms with Crippen LogP contribution in [0.25, 0.3) is 10.9 Å². The number of aryl methyl sites for hydroxylation is 1. The molecule has 0 saturated carbocycles. The van der Waals surface area contributed by atoms with E-state index in [2.05, 4.69) is 15.3 Å². The van der Waals surface area contributed by atoms with Crippen molar-refractivity contribution >= 4 is 22.7 Å². The Morgan fingerprint density at radius 3 is 2.80 bits per heavy atom. The van der Waals surface area contributed by atoms with Crippen molar-refractivity contribution in [3.05, 3.63) is 30.1 Å². The molecule has 20 heavy (non-hydrogen) atoms. The lowest BCUT2D eigenvalue weighted by atomic mass is 9.99.